The van der Waals surface area contributed by atoms with E-state index in [1.807, 2.05) is 6.07 Å². The average Bonchev–Trinajstić information content (AvgIpc) is 2.72. The first-order valence-electron chi connectivity index (χ1n) is 8.63. The molecular weight excluding hydrogens is 376 g/mol. The Morgan fingerprint density at radius 1 is 0.966 bits per heavy atom. The van der Waals surface area contributed by atoms with Gasteiger partial charge in [0.1, 0.15) is 6.04 Å². The molecule has 3 aromatic rings. The SMILES string of the molecule is NC(=O)NC(Cc1ccccc1)C(=O)NNC(=O)c1n[nH]c(=O)c2ccccc12. The maximum absolute atomic E-state index is 12.5. The van der Waals surface area contributed by atoms with Crippen LogP contribution < -0.4 is 27.5 Å². The average molecular weight is 394 g/mol. The first kappa shape index (κ1) is 19.5. The van der Waals surface area contributed by atoms with Crippen LogP contribution in [0.4, 0.5) is 4.79 Å². The number of benzene rings is 2. The van der Waals surface area contributed by atoms with Crippen molar-refractivity contribution in [2.45, 2.75) is 12.5 Å². The number of nitrogens with two attached hydrogens (primary N) is 1. The molecule has 0 radical (unpaired) electrons. The largest absolute Gasteiger partial charge is 0.352 e. The zero-order valence-electron chi connectivity index (χ0n) is 15.1. The Kier molecular flexibility index (Phi) is 5.83. The van der Waals surface area contributed by atoms with Crippen LogP contribution in [0.5, 0.6) is 0 Å². The highest BCUT2D eigenvalue weighted by Crippen LogP contribution is 2.11. The third kappa shape index (κ3) is 4.75. The zero-order chi connectivity index (χ0) is 20.8. The maximum Gasteiger partial charge on any atom is 0.312 e. The Bertz CT molecular complexity index is 1110. The molecule has 0 fully saturated rings. The van der Waals surface area contributed by atoms with Gasteiger partial charge in [0.15, 0.2) is 5.69 Å². The Morgan fingerprint density at radius 2 is 1.62 bits per heavy atom. The minimum Gasteiger partial charge on any atom is -0.352 e. The third-order valence-corrected chi connectivity index (χ3v) is 4.13. The lowest BCUT2D eigenvalue weighted by molar-refractivity contribution is -0.123. The number of amides is 4. The van der Waals surface area contributed by atoms with Crippen molar-refractivity contribution in [2.75, 3.05) is 0 Å². The summed E-state index contributed by atoms with van der Waals surface area (Å²) in [4.78, 5) is 48.0. The van der Waals surface area contributed by atoms with E-state index < -0.39 is 29.4 Å². The zero-order valence-corrected chi connectivity index (χ0v) is 15.1. The van der Waals surface area contributed by atoms with Gasteiger partial charge in [0, 0.05) is 11.8 Å². The number of carbonyl (C=O) groups is 3. The van der Waals surface area contributed by atoms with Gasteiger partial charge in [-0.25, -0.2) is 9.89 Å². The Hall–Kier alpha value is -4.21. The number of nitrogens with zero attached hydrogens (tertiary/aromatic N) is 1. The highest BCUT2D eigenvalue weighted by molar-refractivity contribution is 6.05. The second-order valence-electron chi connectivity index (χ2n) is 6.14. The summed E-state index contributed by atoms with van der Waals surface area (Å²) in [6, 6.07) is 13.6. The molecule has 0 saturated carbocycles. The smallest absolute Gasteiger partial charge is 0.312 e. The monoisotopic (exact) mass is 394 g/mol. The van der Waals surface area contributed by atoms with E-state index in [2.05, 4.69) is 26.4 Å². The van der Waals surface area contributed by atoms with Crippen LogP contribution in [-0.4, -0.2) is 34.1 Å². The number of carbonyl (C=O) groups excluding carboxylic acids is 3. The molecule has 1 heterocycles. The molecule has 0 aliphatic rings. The van der Waals surface area contributed by atoms with Gasteiger partial charge in [-0.1, -0.05) is 48.5 Å². The summed E-state index contributed by atoms with van der Waals surface area (Å²) in [5, 5.41) is 8.96. The Balaban J connectivity index is 1.72. The summed E-state index contributed by atoms with van der Waals surface area (Å²) in [6.45, 7) is 0. The topological polar surface area (TPSA) is 159 Å². The first-order valence-corrected chi connectivity index (χ1v) is 8.63. The number of rotatable bonds is 5. The van der Waals surface area contributed by atoms with Crippen molar-refractivity contribution in [3.05, 3.63) is 76.2 Å². The van der Waals surface area contributed by atoms with Gasteiger partial charge in [-0.05, 0) is 11.6 Å². The van der Waals surface area contributed by atoms with Crippen molar-refractivity contribution in [3.63, 3.8) is 0 Å². The number of aromatic amines is 1. The molecule has 10 heteroatoms. The number of urea groups is 1. The van der Waals surface area contributed by atoms with E-state index in [-0.39, 0.29) is 17.5 Å². The van der Waals surface area contributed by atoms with Gasteiger partial charge < -0.3 is 11.1 Å². The second kappa shape index (κ2) is 8.65. The second-order valence-corrected chi connectivity index (χ2v) is 6.14. The minimum absolute atomic E-state index is 0.0667. The van der Waals surface area contributed by atoms with Crippen LogP contribution >= 0.6 is 0 Å². The van der Waals surface area contributed by atoms with Crippen molar-refractivity contribution in [1.82, 2.24) is 26.4 Å². The Morgan fingerprint density at radius 3 is 2.31 bits per heavy atom. The molecule has 2 aromatic carbocycles. The summed E-state index contributed by atoms with van der Waals surface area (Å²) in [5.41, 5.74) is 9.92. The highest BCUT2D eigenvalue weighted by atomic mass is 16.2. The van der Waals surface area contributed by atoms with E-state index in [1.54, 1.807) is 48.5 Å². The standard InChI is InChI=1S/C19H18N6O4/c20-19(29)21-14(10-11-6-2-1-3-7-11)17(27)24-25-18(28)15-12-8-4-5-9-13(12)16(26)23-22-15/h1-9,14H,10H2,(H,23,26)(H,24,27)(H,25,28)(H3,20,21,29). The molecule has 6 N–H and O–H groups in total. The third-order valence-electron chi connectivity index (χ3n) is 4.13. The summed E-state index contributed by atoms with van der Waals surface area (Å²) in [7, 11) is 0. The molecule has 1 atom stereocenters. The lowest BCUT2D eigenvalue weighted by atomic mass is 10.1. The quantitative estimate of drug-likeness (QED) is 0.384. The normalized spacial score (nSPS) is 11.4. The number of fused-ring (bicyclic) bond motifs is 1. The van der Waals surface area contributed by atoms with Crippen LogP contribution in [0.1, 0.15) is 16.1 Å². The fourth-order valence-corrected chi connectivity index (χ4v) is 2.78. The fourth-order valence-electron chi connectivity index (χ4n) is 2.78. The van der Waals surface area contributed by atoms with Crippen molar-refractivity contribution in [2.24, 2.45) is 5.73 Å². The molecular formula is C19H18N6O4. The van der Waals surface area contributed by atoms with Crippen LogP contribution in [0.2, 0.25) is 0 Å². The van der Waals surface area contributed by atoms with Crippen LogP contribution in [-0.2, 0) is 11.2 Å². The summed E-state index contributed by atoms with van der Waals surface area (Å²) in [6.07, 6.45) is 0.172. The van der Waals surface area contributed by atoms with Gasteiger partial charge in [-0.2, -0.15) is 5.10 Å². The molecule has 3 rings (SSSR count). The number of aromatic nitrogens is 2. The lowest BCUT2D eigenvalue weighted by Gasteiger charge is -2.17. The molecule has 29 heavy (non-hydrogen) atoms. The van der Waals surface area contributed by atoms with Gasteiger partial charge in [-0.3, -0.25) is 25.2 Å². The van der Waals surface area contributed by atoms with Crippen LogP contribution in [0.15, 0.2) is 59.4 Å². The highest BCUT2D eigenvalue weighted by Gasteiger charge is 2.22. The molecule has 0 aliphatic heterocycles. The van der Waals surface area contributed by atoms with Crippen molar-refractivity contribution in [1.29, 1.82) is 0 Å². The predicted molar refractivity (Wildman–Crippen MR) is 105 cm³/mol. The van der Waals surface area contributed by atoms with Gasteiger partial charge in [0.2, 0.25) is 0 Å². The summed E-state index contributed by atoms with van der Waals surface area (Å²) < 4.78 is 0. The summed E-state index contributed by atoms with van der Waals surface area (Å²) >= 11 is 0. The molecule has 0 spiro atoms. The first-order chi connectivity index (χ1) is 14.0. The number of H-pyrrole nitrogens is 1. The number of hydrazine groups is 1. The van der Waals surface area contributed by atoms with E-state index >= 15 is 0 Å². The van der Waals surface area contributed by atoms with Gasteiger partial charge in [0.05, 0.1) is 5.39 Å². The lowest BCUT2D eigenvalue weighted by Crippen LogP contribution is -2.54. The molecule has 4 amide bonds. The van der Waals surface area contributed by atoms with Crippen molar-refractivity contribution in [3.8, 4) is 0 Å². The van der Waals surface area contributed by atoms with E-state index in [0.717, 1.165) is 5.56 Å². The summed E-state index contributed by atoms with van der Waals surface area (Å²) in [5.74, 6) is -1.40. The number of primary amides is 1. The van der Waals surface area contributed by atoms with Gasteiger partial charge in [-0.15, -0.1) is 0 Å². The number of hydrogen-bond acceptors (Lipinski definition) is 5. The molecule has 148 valence electrons. The van der Waals surface area contributed by atoms with Crippen molar-refractivity contribution >= 4 is 28.6 Å². The molecule has 1 aromatic heterocycles. The van der Waals surface area contributed by atoms with Gasteiger partial charge in [0.25, 0.3) is 17.4 Å². The predicted octanol–water partition coefficient (Wildman–Crippen LogP) is -0.0363. The molecule has 0 saturated heterocycles. The Labute approximate surface area is 164 Å². The molecule has 0 aliphatic carbocycles. The minimum atomic E-state index is -1.00. The van der Waals surface area contributed by atoms with Crippen LogP contribution in [0.3, 0.4) is 0 Å². The molecule has 1 unspecified atom stereocenters. The van der Waals surface area contributed by atoms with Crippen molar-refractivity contribution < 1.29 is 14.4 Å². The number of nitrogens with one attached hydrogen (secondary N) is 4. The van der Waals surface area contributed by atoms with E-state index in [0.29, 0.717) is 5.39 Å². The molecule has 10 nitrogen and oxygen atoms in total. The maximum atomic E-state index is 12.5. The van der Waals surface area contributed by atoms with Crippen LogP contribution in [0.25, 0.3) is 10.8 Å². The van der Waals surface area contributed by atoms with E-state index in [4.69, 9.17) is 5.73 Å². The molecule has 0 bridgehead atoms. The fraction of sp³-hybridized carbons (Fsp3) is 0.105. The van der Waals surface area contributed by atoms with Crippen LogP contribution in [0, 0.1) is 0 Å². The van der Waals surface area contributed by atoms with Gasteiger partial charge >= 0.3 is 6.03 Å². The van der Waals surface area contributed by atoms with E-state index in [1.165, 1.54) is 0 Å². The number of hydrogen-bond donors (Lipinski definition) is 5. The van der Waals surface area contributed by atoms with E-state index in [9.17, 15) is 19.2 Å².